The summed E-state index contributed by atoms with van der Waals surface area (Å²) in [6.07, 6.45) is 8.85. The van der Waals surface area contributed by atoms with Crippen molar-refractivity contribution < 1.29 is 9.00 Å². The van der Waals surface area contributed by atoms with Crippen LogP contribution in [-0.4, -0.2) is 20.4 Å². The molecule has 4 heteroatoms. The number of carbonyl (C=O) groups excluding carboxylic acids is 1. The number of ketones is 1. The summed E-state index contributed by atoms with van der Waals surface area (Å²) in [5, 5.41) is 0. The van der Waals surface area contributed by atoms with Crippen molar-refractivity contribution in [3.63, 3.8) is 0 Å². The zero-order valence-electron chi connectivity index (χ0n) is 10.2. The van der Waals surface area contributed by atoms with E-state index in [1.54, 1.807) is 6.26 Å². The van der Waals surface area contributed by atoms with Gasteiger partial charge >= 0.3 is 0 Å². The van der Waals surface area contributed by atoms with E-state index in [1.165, 1.54) is 19.3 Å². The van der Waals surface area contributed by atoms with Crippen molar-refractivity contribution >= 4 is 32.5 Å². The molecule has 0 aromatic heterocycles. The van der Waals surface area contributed by atoms with Crippen LogP contribution in [0.25, 0.3) is 0 Å². The van der Waals surface area contributed by atoms with Crippen molar-refractivity contribution in [2.75, 3.05) is 6.26 Å². The van der Waals surface area contributed by atoms with Gasteiger partial charge in [-0.05, 0) is 56.3 Å². The standard InChI is InChI=1S/C13H19BrO2S/c1-17(16)12(14)11(15)13-5-8-2-9(6-13)4-10(3-8)7-13/h8-10,12H,2-7H2,1H3. The molecule has 0 radical (unpaired) electrons. The van der Waals surface area contributed by atoms with Gasteiger partial charge in [0.2, 0.25) is 0 Å². The van der Waals surface area contributed by atoms with E-state index in [2.05, 4.69) is 15.9 Å². The average molecular weight is 319 g/mol. The van der Waals surface area contributed by atoms with E-state index in [4.69, 9.17) is 0 Å². The Morgan fingerprint density at radius 2 is 1.59 bits per heavy atom. The van der Waals surface area contributed by atoms with Crippen molar-refractivity contribution in [1.82, 2.24) is 0 Å². The Balaban J connectivity index is 1.86. The van der Waals surface area contributed by atoms with Crippen LogP contribution in [0.2, 0.25) is 0 Å². The predicted molar refractivity (Wildman–Crippen MR) is 72.4 cm³/mol. The predicted octanol–water partition coefficient (Wildman–Crippen LogP) is 2.87. The molecular weight excluding hydrogens is 300 g/mol. The maximum Gasteiger partial charge on any atom is 0.165 e. The van der Waals surface area contributed by atoms with Crippen LogP contribution in [0.1, 0.15) is 38.5 Å². The fraction of sp³-hybridized carbons (Fsp3) is 0.923. The summed E-state index contributed by atoms with van der Waals surface area (Å²) in [5.41, 5.74) is -0.116. The maximum absolute atomic E-state index is 12.6. The van der Waals surface area contributed by atoms with Gasteiger partial charge in [0.1, 0.15) is 4.16 Å². The molecule has 96 valence electrons. The number of carbonyl (C=O) groups is 1. The van der Waals surface area contributed by atoms with Crippen LogP contribution in [0.15, 0.2) is 0 Å². The first-order valence-electron chi connectivity index (χ1n) is 6.51. The summed E-state index contributed by atoms with van der Waals surface area (Å²) < 4.78 is 11.1. The van der Waals surface area contributed by atoms with Gasteiger partial charge in [-0.3, -0.25) is 9.00 Å². The fourth-order valence-corrected chi connectivity index (χ4v) is 5.84. The van der Waals surface area contributed by atoms with E-state index >= 15 is 0 Å². The first-order chi connectivity index (χ1) is 8.00. The van der Waals surface area contributed by atoms with E-state index in [1.807, 2.05) is 0 Å². The lowest BCUT2D eigenvalue weighted by Crippen LogP contribution is -2.52. The molecule has 0 heterocycles. The van der Waals surface area contributed by atoms with Crippen molar-refractivity contribution in [2.45, 2.75) is 42.7 Å². The Kier molecular flexibility index (Phi) is 3.02. The molecule has 0 aromatic rings. The second kappa shape index (κ2) is 4.16. The fourth-order valence-electron chi connectivity index (χ4n) is 4.80. The van der Waals surface area contributed by atoms with Gasteiger partial charge in [-0.2, -0.15) is 0 Å². The number of rotatable bonds is 3. The molecular formula is C13H19BrO2S. The summed E-state index contributed by atoms with van der Waals surface area (Å²) in [4.78, 5) is 12.6. The number of Topliss-reactive ketones (excluding diaryl/α,β-unsaturated/α-hetero) is 1. The summed E-state index contributed by atoms with van der Waals surface area (Å²) in [6.45, 7) is 0. The zero-order valence-corrected chi connectivity index (χ0v) is 12.6. The highest BCUT2D eigenvalue weighted by atomic mass is 79.9. The molecule has 0 aliphatic heterocycles. The monoisotopic (exact) mass is 318 g/mol. The third-order valence-electron chi connectivity index (χ3n) is 5.06. The molecule has 4 bridgehead atoms. The normalized spacial score (nSPS) is 46.8. The van der Waals surface area contributed by atoms with Crippen LogP contribution in [0.4, 0.5) is 0 Å². The first kappa shape index (κ1) is 12.3. The van der Waals surface area contributed by atoms with Gasteiger partial charge in [0.15, 0.2) is 5.78 Å². The number of alkyl halides is 1. The molecule has 4 saturated carbocycles. The molecule has 0 amide bonds. The molecule has 0 N–H and O–H groups in total. The Bertz CT molecular complexity index is 344. The number of halogens is 1. The van der Waals surface area contributed by atoms with E-state index in [0.717, 1.165) is 37.0 Å². The average Bonchev–Trinajstić information content (AvgIpc) is 2.25. The molecule has 2 nitrogen and oxygen atoms in total. The van der Waals surface area contributed by atoms with Gasteiger partial charge in [0, 0.05) is 22.5 Å². The second-order valence-corrected chi connectivity index (χ2v) is 9.37. The summed E-state index contributed by atoms with van der Waals surface area (Å²) >= 11 is 3.35. The van der Waals surface area contributed by atoms with Crippen molar-refractivity contribution in [3.8, 4) is 0 Å². The molecule has 2 unspecified atom stereocenters. The summed E-state index contributed by atoms with van der Waals surface area (Å²) in [5.74, 6) is 2.55. The van der Waals surface area contributed by atoms with Gasteiger partial charge in [0.25, 0.3) is 0 Å². The first-order valence-corrected chi connectivity index (χ1v) is 9.04. The smallest absolute Gasteiger partial charge is 0.165 e. The Morgan fingerprint density at radius 1 is 1.18 bits per heavy atom. The zero-order chi connectivity index (χ0) is 12.2. The molecule has 0 saturated heterocycles. The van der Waals surface area contributed by atoms with Crippen LogP contribution >= 0.6 is 15.9 Å². The van der Waals surface area contributed by atoms with Crippen LogP contribution in [0.5, 0.6) is 0 Å². The van der Waals surface area contributed by atoms with Crippen molar-refractivity contribution in [1.29, 1.82) is 0 Å². The maximum atomic E-state index is 12.6. The van der Waals surface area contributed by atoms with Gasteiger partial charge in [-0.25, -0.2) is 0 Å². The molecule has 0 spiro atoms. The van der Waals surface area contributed by atoms with Crippen LogP contribution in [0.3, 0.4) is 0 Å². The molecule has 2 atom stereocenters. The van der Waals surface area contributed by atoms with E-state index in [9.17, 15) is 9.00 Å². The number of hydrogen-bond donors (Lipinski definition) is 0. The molecule has 4 aliphatic rings. The molecule has 0 aromatic carbocycles. The highest BCUT2D eigenvalue weighted by molar-refractivity contribution is 9.11. The lowest BCUT2D eigenvalue weighted by molar-refractivity contribution is -0.141. The lowest BCUT2D eigenvalue weighted by Gasteiger charge is -2.56. The van der Waals surface area contributed by atoms with Crippen molar-refractivity contribution in [2.24, 2.45) is 23.2 Å². The minimum absolute atomic E-state index is 0.116. The third kappa shape index (κ3) is 1.95. The van der Waals surface area contributed by atoms with Crippen molar-refractivity contribution in [3.05, 3.63) is 0 Å². The van der Waals surface area contributed by atoms with Crippen LogP contribution < -0.4 is 0 Å². The van der Waals surface area contributed by atoms with E-state index < -0.39 is 15.0 Å². The minimum Gasteiger partial charge on any atom is -0.297 e. The topological polar surface area (TPSA) is 34.1 Å². The van der Waals surface area contributed by atoms with Gasteiger partial charge in [-0.1, -0.05) is 15.9 Å². The highest BCUT2D eigenvalue weighted by Gasteiger charge is 2.55. The van der Waals surface area contributed by atoms with Gasteiger partial charge in [-0.15, -0.1) is 0 Å². The highest BCUT2D eigenvalue weighted by Crippen LogP contribution is 2.60. The third-order valence-corrected chi connectivity index (χ3v) is 7.85. The largest absolute Gasteiger partial charge is 0.297 e. The Hall–Kier alpha value is 0.300. The van der Waals surface area contributed by atoms with Crippen LogP contribution in [-0.2, 0) is 15.6 Å². The lowest BCUT2D eigenvalue weighted by atomic mass is 9.48. The SMILES string of the molecule is CS(=O)C(Br)C(=O)C12CC3CC(CC(C3)C1)C2. The Labute approximate surface area is 114 Å². The minimum atomic E-state index is -1.09. The Morgan fingerprint density at radius 3 is 1.94 bits per heavy atom. The molecule has 4 aliphatic carbocycles. The van der Waals surface area contributed by atoms with E-state index in [-0.39, 0.29) is 11.2 Å². The summed E-state index contributed by atoms with van der Waals surface area (Å²) in [6, 6.07) is 0. The quantitative estimate of drug-likeness (QED) is 0.750. The molecule has 4 rings (SSSR count). The van der Waals surface area contributed by atoms with Gasteiger partial charge < -0.3 is 0 Å². The second-order valence-electron chi connectivity index (χ2n) is 6.38. The van der Waals surface area contributed by atoms with E-state index in [0.29, 0.717) is 0 Å². The number of hydrogen-bond acceptors (Lipinski definition) is 2. The summed E-state index contributed by atoms with van der Waals surface area (Å²) in [7, 11) is -1.09. The van der Waals surface area contributed by atoms with Crippen LogP contribution in [0, 0.1) is 23.2 Å². The van der Waals surface area contributed by atoms with Gasteiger partial charge in [0.05, 0.1) is 0 Å². The molecule has 4 fully saturated rings. The molecule has 17 heavy (non-hydrogen) atoms.